The standard InChI is InChI=1S/C14H21NO2/c1-16-14-7-6-11(8-12(14)9-15)10-17-13-4-2-3-5-13/h6-8,13H,2-5,9-10,15H2,1H3. The second-order valence-corrected chi connectivity index (χ2v) is 4.57. The lowest BCUT2D eigenvalue weighted by Gasteiger charge is -2.13. The van der Waals surface area contributed by atoms with Crippen LogP contribution in [0.1, 0.15) is 36.8 Å². The zero-order valence-electron chi connectivity index (χ0n) is 10.4. The van der Waals surface area contributed by atoms with E-state index in [1.807, 2.05) is 12.1 Å². The molecule has 1 saturated carbocycles. The van der Waals surface area contributed by atoms with Crippen LogP contribution in [-0.2, 0) is 17.9 Å². The minimum atomic E-state index is 0.457. The first-order chi connectivity index (χ1) is 8.33. The lowest BCUT2D eigenvalue weighted by atomic mass is 10.1. The lowest BCUT2D eigenvalue weighted by Crippen LogP contribution is -2.08. The summed E-state index contributed by atoms with van der Waals surface area (Å²) in [6.07, 6.45) is 5.49. The van der Waals surface area contributed by atoms with Gasteiger partial charge < -0.3 is 15.2 Å². The van der Waals surface area contributed by atoms with Gasteiger partial charge in [0.2, 0.25) is 0 Å². The summed E-state index contributed by atoms with van der Waals surface area (Å²) in [6.45, 7) is 1.18. The van der Waals surface area contributed by atoms with E-state index in [0.29, 0.717) is 19.3 Å². The van der Waals surface area contributed by atoms with E-state index in [1.165, 1.54) is 31.2 Å². The van der Waals surface area contributed by atoms with E-state index >= 15 is 0 Å². The van der Waals surface area contributed by atoms with Crippen molar-refractivity contribution in [2.45, 2.75) is 44.9 Å². The fourth-order valence-corrected chi connectivity index (χ4v) is 2.35. The number of rotatable bonds is 5. The molecule has 0 aliphatic heterocycles. The largest absolute Gasteiger partial charge is 0.496 e. The molecule has 0 bridgehead atoms. The second-order valence-electron chi connectivity index (χ2n) is 4.57. The van der Waals surface area contributed by atoms with E-state index in [2.05, 4.69) is 6.07 Å². The first-order valence-corrected chi connectivity index (χ1v) is 6.31. The van der Waals surface area contributed by atoms with Crippen LogP contribution in [0.15, 0.2) is 18.2 Å². The van der Waals surface area contributed by atoms with E-state index in [0.717, 1.165) is 11.3 Å². The van der Waals surface area contributed by atoms with Crippen LogP contribution < -0.4 is 10.5 Å². The highest BCUT2D eigenvalue weighted by Crippen LogP contribution is 2.24. The molecule has 0 saturated heterocycles. The Balaban J connectivity index is 1.95. The summed E-state index contributed by atoms with van der Waals surface area (Å²) in [5.74, 6) is 0.858. The smallest absolute Gasteiger partial charge is 0.123 e. The topological polar surface area (TPSA) is 44.5 Å². The number of ether oxygens (including phenoxy) is 2. The van der Waals surface area contributed by atoms with E-state index in [1.54, 1.807) is 7.11 Å². The SMILES string of the molecule is COc1ccc(COC2CCCC2)cc1CN. The van der Waals surface area contributed by atoms with Crippen LogP contribution >= 0.6 is 0 Å². The molecular weight excluding hydrogens is 214 g/mol. The van der Waals surface area contributed by atoms with Crippen molar-refractivity contribution in [3.05, 3.63) is 29.3 Å². The Kier molecular flexibility index (Phi) is 4.40. The summed E-state index contributed by atoms with van der Waals surface area (Å²) in [5.41, 5.74) is 7.91. The normalized spacial score (nSPS) is 16.4. The molecule has 17 heavy (non-hydrogen) atoms. The molecule has 0 amide bonds. The van der Waals surface area contributed by atoms with Gasteiger partial charge >= 0.3 is 0 Å². The van der Waals surface area contributed by atoms with Gasteiger partial charge in [-0.1, -0.05) is 18.9 Å². The average Bonchev–Trinajstić information content (AvgIpc) is 2.89. The summed E-state index contributed by atoms with van der Waals surface area (Å²) in [7, 11) is 1.67. The summed E-state index contributed by atoms with van der Waals surface area (Å²) in [5, 5.41) is 0. The fraction of sp³-hybridized carbons (Fsp3) is 0.571. The van der Waals surface area contributed by atoms with Gasteiger partial charge in [0.1, 0.15) is 5.75 Å². The number of benzene rings is 1. The van der Waals surface area contributed by atoms with Gasteiger partial charge in [-0.2, -0.15) is 0 Å². The summed E-state index contributed by atoms with van der Waals surface area (Å²) in [4.78, 5) is 0. The van der Waals surface area contributed by atoms with E-state index in [-0.39, 0.29) is 0 Å². The van der Waals surface area contributed by atoms with Crippen LogP contribution in [0.5, 0.6) is 5.75 Å². The highest BCUT2D eigenvalue weighted by Gasteiger charge is 2.15. The van der Waals surface area contributed by atoms with Crippen molar-refractivity contribution in [1.82, 2.24) is 0 Å². The summed E-state index contributed by atoms with van der Waals surface area (Å²) in [6, 6.07) is 6.09. The molecule has 0 unspecified atom stereocenters. The molecule has 1 aliphatic carbocycles. The first-order valence-electron chi connectivity index (χ1n) is 6.31. The van der Waals surface area contributed by atoms with Crippen LogP contribution in [0.3, 0.4) is 0 Å². The molecule has 0 heterocycles. The quantitative estimate of drug-likeness (QED) is 0.853. The second kappa shape index (κ2) is 6.03. The monoisotopic (exact) mass is 235 g/mol. The van der Waals surface area contributed by atoms with Crippen LogP contribution in [0.4, 0.5) is 0 Å². The van der Waals surface area contributed by atoms with Gasteiger partial charge in [-0.25, -0.2) is 0 Å². The van der Waals surface area contributed by atoms with Crippen molar-refractivity contribution in [2.75, 3.05) is 7.11 Å². The van der Waals surface area contributed by atoms with Crippen molar-refractivity contribution in [2.24, 2.45) is 5.73 Å². The Morgan fingerprint density at radius 1 is 1.29 bits per heavy atom. The molecule has 1 fully saturated rings. The van der Waals surface area contributed by atoms with Crippen LogP contribution in [-0.4, -0.2) is 13.2 Å². The zero-order chi connectivity index (χ0) is 12.1. The van der Waals surface area contributed by atoms with Crippen molar-refractivity contribution in [3.63, 3.8) is 0 Å². The maximum absolute atomic E-state index is 5.88. The summed E-state index contributed by atoms with van der Waals surface area (Å²) < 4.78 is 11.1. The molecule has 0 radical (unpaired) electrons. The molecule has 1 aromatic carbocycles. The van der Waals surface area contributed by atoms with Gasteiger partial charge in [0.25, 0.3) is 0 Å². The van der Waals surface area contributed by atoms with Gasteiger partial charge in [0.15, 0.2) is 0 Å². The third-order valence-corrected chi connectivity index (χ3v) is 3.35. The van der Waals surface area contributed by atoms with Crippen LogP contribution in [0.25, 0.3) is 0 Å². The average molecular weight is 235 g/mol. The molecule has 3 heteroatoms. The molecule has 0 spiro atoms. The third-order valence-electron chi connectivity index (χ3n) is 3.35. The Morgan fingerprint density at radius 3 is 2.71 bits per heavy atom. The van der Waals surface area contributed by atoms with Crippen molar-refractivity contribution >= 4 is 0 Å². The number of hydrogen-bond acceptors (Lipinski definition) is 3. The minimum Gasteiger partial charge on any atom is -0.496 e. The molecule has 0 aromatic heterocycles. The molecule has 3 nitrogen and oxygen atoms in total. The Labute approximate surface area is 103 Å². The predicted molar refractivity (Wildman–Crippen MR) is 67.9 cm³/mol. The Morgan fingerprint density at radius 2 is 2.06 bits per heavy atom. The summed E-state index contributed by atoms with van der Waals surface area (Å²) >= 11 is 0. The lowest BCUT2D eigenvalue weighted by molar-refractivity contribution is 0.0456. The van der Waals surface area contributed by atoms with E-state index < -0.39 is 0 Å². The maximum Gasteiger partial charge on any atom is 0.123 e. The van der Waals surface area contributed by atoms with Gasteiger partial charge in [0.05, 0.1) is 19.8 Å². The van der Waals surface area contributed by atoms with Gasteiger partial charge in [-0.15, -0.1) is 0 Å². The maximum atomic E-state index is 5.88. The molecule has 2 rings (SSSR count). The molecule has 1 aliphatic rings. The molecule has 94 valence electrons. The number of nitrogens with two attached hydrogens (primary N) is 1. The highest BCUT2D eigenvalue weighted by molar-refractivity contribution is 5.36. The van der Waals surface area contributed by atoms with Gasteiger partial charge in [0, 0.05) is 12.1 Å². The van der Waals surface area contributed by atoms with Crippen LogP contribution in [0, 0.1) is 0 Å². The van der Waals surface area contributed by atoms with Gasteiger partial charge in [-0.3, -0.25) is 0 Å². The molecular formula is C14H21NO2. The third kappa shape index (κ3) is 3.20. The van der Waals surface area contributed by atoms with E-state index in [9.17, 15) is 0 Å². The zero-order valence-corrected chi connectivity index (χ0v) is 10.4. The highest BCUT2D eigenvalue weighted by atomic mass is 16.5. The number of hydrogen-bond donors (Lipinski definition) is 1. The van der Waals surface area contributed by atoms with Crippen molar-refractivity contribution in [1.29, 1.82) is 0 Å². The molecule has 2 N–H and O–H groups in total. The first kappa shape index (κ1) is 12.4. The van der Waals surface area contributed by atoms with Crippen molar-refractivity contribution < 1.29 is 9.47 Å². The van der Waals surface area contributed by atoms with E-state index in [4.69, 9.17) is 15.2 Å². The van der Waals surface area contributed by atoms with Gasteiger partial charge in [-0.05, 0) is 30.5 Å². The molecule has 1 aromatic rings. The predicted octanol–water partition coefficient (Wildman–Crippen LogP) is 2.61. The van der Waals surface area contributed by atoms with Crippen molar-refractivity contribution in [3.8, 4) is 5.75 Å². The fourth-order valence-electron chi connectivity index (χ4n) is 2.35. The number of methoxy groups -OCH3 is 1. The Bertz CT molecular complexity index is 359. The Hall–Kier alpha value is -1.06. The van der Waals surface area contributed by atoms with Crippen LogP contribution in [0.2, 0.25) is 0 Å². The molecule has 0 atom stereocenters. The minimum absolute atomic E-state index is 0.457.